The molecule has 0 amide bonds. The lowest BCUT2D eigenvalue weighted by atomic mass is 10.1. The third-order valence-electron chi connectivity index (χ3n) is 1.59. The molecule has 0 atom stereocenters. The fourth-order valence-electron chi connectivity index (χ4n) is 0.992. The average Bonchev–Trinajstić information content (AvgIpc) is 2.25. The monoisotopic (exact) mass is 210 g/mol. The number of aromatic hydroxyl groups is 1. The molecule has 0 aliphatic carbocycles. The number of hydrogen-bond donors (Lipinski definition) is 1. The van der Waals surface area contributed by atoms with Gasteiger partial charge in [0, 0.05) is 0 Å². The maximum absolute atomic E-state index is 11.0. The van der Waals surface area contributed by atoms with E-state index in [2.05, 4.69) is 0 Å². The van der Waals surface area contributed by atoms with Gasteiger partial charge in [-0.25, -0.2) is 0 Å². The van der Waals surface area contributed by atoms with Crippen LogP contribution >= 0.6 is 0 Å². The maximum atomic E-state index is 11.0. The molecule has 0 aliphatic heterocycles. The maximum Gasteiger partial charge on any atom is 0.310 e. The van der Waals surface area contributed by atoms with Crippen molar-refractivity contribution in [2.24, 2.45) is 0 Å². The Bertz CT molecular complexity index is 277. The smallest absolute Gasteiger partial charge is 0.310 e. The second kappa shape index (κ2) is 7.85. The highest BCUT2D eigenvalue weighted by atomic mass is 16.5. The second-order valence-corrected chi connectivity index (χ2v) is 2.65. The summed E-state index contributed by atoms with van der Waals surface area (Å²) in [6, 6.07) is 6.50. The van der Waals surface area contributed by atoms with Gasteiger partial charge in [-0.2, -0.15) is 0 Å². The zero-order valence-electron chi connectivity index (χ0n) is 9.49. The molecule has 0 aromatic heterocycles. The molecule has 1 N–H and O–H groups in total. The predicted octanol–water partition coefficient (Wildman–Crippen LogP) is 2.52. The molecular weight excluding hydrogens is 192 g/mol. The minimum Gasteiger partial charge on any atom is -0.508 e. The van der Waals surface area contributed by atoms with Crippen molar-refractivity contribution in [2.45, 2.75) is 27.2 Å². The highest BCUT2D eigenvalue weighted by Gasteiger charge is 2.02. The van der Waals surface area contributed by atoms with Crippen molar-refractivity contribution < 1.29 is 14.6 Å². The lowest BCUT2D eigenvalue weighted by Gasteiger charge is -2.01. The number of benzene rings is 1. The van der Waals surface area contributed by atoms with Gasteiger partial charge in [-0.05, 0) is 24.6 Å². The van der Waals surface area contributed by atoms with Crippen molar-refractivity contribution in [3.63, 3.8) is 0 Å². The Morgan fingerprint density at radius 1 is 1.27 bits per heavy atom. The van der Waals surface area contributed by atoms with Crippen molar-refractivity contribution in [2.75, 3.05) is 6.61 Å². The van der Waals surface area contributed by atoms with Gasteiger partial charge in [0.25, 0.3) is 0 Å². The summed E-state index contributed by atoms with van der Waals surface area (Å²) in [6.07, 6.45) is 0.258. The third-order valence-corrected chi connectivity index (χ3v) is 1.59. The summed E-state index contributed by atoms with van der Waals surface area (Å²) < 4.78 is 4.77. The first-order valence-corrected chi connectivity index (χ1v) is 5.16. The molecule has 0 aliphatic rings. The summed E-state index contributed by atoms with van der Waals surface area (Å²) >= 11 is 0. The number of rotatable bonds is 3. The van der Waals surface area contributed by atoms with Crippen molar-refractivity contribution in [3.05, 3.63) is 29.8 Å². The van der Waals surface area contributed by atoms with E-state index < -0.39 is 0 Å². The predicted molar refractivity (Wildman–Crippen MR) is 59.8 cm³/mol. The normalized spacial score (nSPS) is 8.73. The van der Waals surface area contributed by atoms with Crippen LogP contribution in [0.1, 0.15) is 26.3 Å². The Kier molecular flexibility index (Phi) is 7.06. The number of ether oxygens (including phenoxy) is 1. The molecule has 84 valence electrons. The summed E-state index contributed by atoms with van der Waals surface area (Å²) in [5.74, 6) is -0.0409. The molecule has 3 heteroatoms. The molecule has 1 aromatic rings. The van der Waals surface area contributed by atoms with E-state index in [1.165, 1.54) is 0 Å². The van der Waals surface area contributed by atoms with Gasteiger partial charge in [-0.15, -0.1) is 0 Å². The van der Waals surface area contributed by atoms with E-state index in [1.807, 2.05) is 13.8 Å². The van der Waals surface area contributed by atoms with E-state index >= 15 is 0 Å². The first-order valence-electron chi connectivity index (χ1n) is 5.16. The van der Waals surface area contributed by atoms with Gasteiger partial charge in [-0.3, -0.25) is 4.79 Å². The molecule has 0 bridgehead atoms. The number of carbonyl (C=O) groups excluding carboxylic acids is 1. The molecule has 15 heavy (non-hydrogen) atoms. The van der Waals surface area contributed by atoms with Crippen LogP contribution in [0.15, 0.2) is 24.3 Å². The van der Waals surface area contributed by atoms with Crippen molar-refractivity contribution in [1.29, 1.82) is 0 Å². The molecule has 0 fully saturated rings. The van der Waals surface area contributed by atoms with Crippen LogP contribution < -0.4 is 0 Å². The van der Waals surface area contributed by atoms with Gasteiger partial charge in [0.2, 0.25) is 0 Å². The minimum atomic E-state index is -0.242. The Balaban J connectivity index is 0.000000921. The summed E-state index contributed by atoms with van der Waals surface area (Å²) in [5.41, 5.74) is 0.844. The lowest BCUT2D eigenvalue weighted by molar-refractivity contribution is -0.142. The van der Waals surface area contributed by atoms with Crippen LogP contribution in [0.5, 0.6) is 5.75 Å². The molecule has 0 saturated carbocycles. The first kappa shape index (κ1) is 13.5. The van der Waals surface area contributed by atoms with E-state index in [-0.39, 0.29) is 18.1 Å². The van der Waals surface area contributed by atoms with Crippen LogP contribution in [0.3, 0.4) is 0 Å². The van der Waals surface area contributed by atoms with E-state index in [1.54, 1.807) is 31.2 Å². The molecular formula is C12H18O3. The molecule has 3 nitrogen and oxygen atoms in total. The Labute approximate surface area is 90.7 Å². The Morgan fingerprint density at radius 2 is 1.80 bits per heavy atom. The second-order valence-electron chi connectivity index (χ2n) is 2.65. The van der Waals surface area contributed by atoms with Gasteiger partial charge >= 0.3 is 5.97 Å². The standard InChI is InChI=1S/C10H12O3.C2H6/c1-2-13-10(12)7-8-3-5-9(11)6-4-8;1-2/h3-6,11H,2,7H2,1H3;1-2H3. The van der Waals surface area contributed by atoms with Crippen LogP contribution in [-0.4, -0.2) is 17.7 Å². The van der Waals surface area contributed by atoms with Crippen LogP contribution in [0.25, 0.3) is 0 Å². The Morgan fingerprint density at radius 3 is 2.27 bits per heavy atom. The highest BCUT2D eigenvalue weighted by molar-refractivity contribution is 5.72. The highest BCUT2D eigenvalue weighted by Crippen LogP contribution is 2.10. The SMILES string of the molecule is CC.CCOC(=O)Cc1ccc(O)cc1. The average molecular weight is 210 g/mol. The molecule has 1 rings (SSSR count). The van der Waals surface area contributed by atoms with Crippen LogP contribution in [-0.2, 0) is 16.0 Å². The summed E-state index contributed by atoms with van der Waals surface area (Å²) in [6.45, 7) is 6.17. The number of hydrogen-bond acceptors (Lipinski definition) is 3. The van der Waals surface area contributed by atoms with Crippen molar-refractivity contribution in [3.8, 4) is 5.75 Å². The van der Waals surface area contributed by atoms with Crippen molar-refractivity contribution >= 4 is 5.97 Å². The van der Waals surface area contributed by atoms with Gasteiger partial charge in [0.15, 0.2) is 0 Å². The molecule has 0 unspecified atom stereocenters. The van der Waals surface area contributed by atoms with Gasteiger partial charge < -0.3 is 9.84 Å². The number of phenols is 1. The molecule has 1 aromatic carbocycles. The topological polar surface area (TPSA) is 46.5 Å². The van der Waals surface area contributed by atoms with Gasteiger partial charge in [0.1, 0.15) is 5.75 Å². The van der Waals surface area contributed by atoms with E-state index in [9.17, 15) is 4.79 Å². The zero-order chi connectivity index (χ0) is 11.7. The lowest BCUT2D eigenvalue weighted by Crippen LogP contribution is -2.07. The fourth-order valence-corrected chi connectivity index (χ4v) is 0.992. The largest absolute Gasteiger partial charge is 0.508 e. The molecule has 0 saturated heterocycles. The van der Waals surface area contributed by atoms with Gasteiger partial charge in [0.05, 0.1) is 13.0 Å². The number of phenolic OH excluding ortho intramolecular Hbond substituents is 1. The van der Waals surface area contributed by atoms with Crippen molar-refractivity contribution in [1.82, 2.24) is 0 Å². The fraction of sp³-hybridized carbons (Fsp3) is 0.417. The first-order chi connectivity index (χ1) is 7.22. The van der Waals surface area contributed by atoms with E-state index in [0.717, 1.165) is 5.56 Å². The number of carbonyl (C=O) groups is 1. The Hall–Kier alpha value is -1.51. The minimum absolute atomic E-state index is 0.201. The van der Waals surface area contributed by atoms with E-state index in [0.29, 0.717) is 6.61 Å². The summed E-state index contributed by atoms with van der Waals surface area (Å²) in [7, 11) is 0. The van der Waals surface area contributed by atoms with Crippen LogP contribution in [0.4, 0.5) is 0 Å². The molecule has 0 heterocycles. The zero-order valence-corrected chi connectivity index (χ0v) is 9.49. The van der Waals surface area contributed by atoms with Crippen LogP contribution in [0.2, 0.25) is 0 Å². The third kappa shape index (κ3) is 5.73. The van der Waals surface area contributed by atoms with Gasteiger partial charge in [-0.1, -0.05) is 26.0 Å². The van der Waals surface area contributed by atoms with E-state index in [4.69, 9.17) is 9.84 Å². The quantitative estimate of drug-likeness (QED) is 0.780. The summed E-state index contributed by atoms with van der Waals surface area (Å²) in [4.78, 5) is 11.0. The molecule has 0 spiro atoms. The summed E-state index contributed by atoms with van der Waals surface area (Å²) in [5, 5.41) is 8.98. The van der Waals surface area contributed by atoms with Crippen LogP contribution in [0, 0.1) is 0 Å². The number of esters is 1. The molecule has 0 radical (unpaired) electrons.